The summed E-state index contributed by atoms with van der Waals surface area (Å²) in [6, 6.07) is 24.2. The Morgan fingerprint density at radius 2 is 0.880 bits per heavy atom. The van der Waals surface area contributed by atoms with E-state index in [2.05, 4.69) is 20.5 Å². The van der Waals surface area contributed by atoms with Crippen LogP contribution in [0.5, 0.6) is 0 Å². The van der Waals surface area contributed by atoms with Gasteiger partial charge < -0.3 is 20.6 Å². The van der Waals surface area contributed by atoms with Gasteiger partial charge in [-0.3, -0.25) is 0 Å². The molecule has 0 aromatic heterocycles. The fourth-order valence-electron chi connectivity index (χ4n) is 4.89. The predicted octanol–water partition coefficient (Wildman–Crippen LogP) is 2.78. The summed E-state index contributed by atoms with van der Waals surface area (Å²) in [5, 5.41) is 19.5. The van der Waals surface area contributed by atoms with Crippen LogP contribution in [0.15, 0.2) is 127 Å². The molecule has 0 unspecified atom stereocenters. The van der Waals surface area contributed by atoms with Crippen molar-refractivity contribution in [2.75, 3.05) is 11.5 Å². The molecule has 6 aromatic carbocycles. The van der Waals surface area contributed by atoms with E-state index in [-0.39, 0.29) is 102 Å². The van der Waals surface area contributed by atoms with Gasteiger partial charge in [-0.2, -0.15) is 0 Å². The number of fused-ring (bicyclic) bond motifs is 2. The molecule has 6 rings (SSSR count). The Balaban J connectivity index is 0.00000281. The van der Waals surface area contributed by atoms with Crippen LogP contribution in [-0.4, -0.2) is 25.9 Å². The molecule has 242 valence electrons. The summed E-state index contributed by atoms with van der Waals surface area (Å²) in [6.45, 7) is 0. The molecule has 0 amide bonds. The minimum Gasteiger partial charge on any atom is -0.744 e. The first-order chi connectivity index (χ1) is 22.7. The second-order valence-corrected chi connectivity index (χ2v) is 14.0. The summed E-state index contributed by atoms with van der Waals surface area (Å²) in [5.74, 6) is 0. The molecular weight excluding hydrogens is 745 g/mol. The van der Waals surface area contributed by atoms with E-state index >= 15 is 0 Å². The van der Waals surface area contributed by atoms with Crippen LogP contribution in [0.25, 0.3) is 32.7 Å². The van der Waals surface area contributed by atoms with Gasteiger partial charge in [-0.15, -0.1) is 20.5 Å². The number of nitrogen functional groups attached to an aromatic ring is 2. The van der Waals surface area contributed by atoms with Crippen molar-refractivity contribution in [1.29, 1.82) is 0 Å². The Labute approximate surface area is 340 Å². The zero-order valence-corrected chi connectivity index (χ0v) is 33.3. The molecule has 0 saturated heterocycles. The van der Waals surface area contributed by atoms with Crippen molar-refractivity contribution >= 4 is 99.1 Å². The third-order valence-corrected chi connectivity index (χ3v) is 9.58. The van der Waals surface area contributed by atoms with Crippen LogP contribution in [0.4, 0.5) is 34.1 Å². The van der Waals surface area contributed by atoms with E-state index < -0.39 is 20.2 Å². The van der Waals surface area contributed by atoms with Crippen molar-refractivity contribution in [3.63, 3.8) is 0 Å². The molecule has 0 aliphatic carbocycles. The number of hydrogen-bond acceptors (Lipinski definition) is 12. The maximum absolute atomic E-state index is 11.4. The van der Waals surface area contributed by atoms with Gasteiger partial charge in [-0.1, -0.05) is 59.6 Å². The van der Waals surface area contributed by atoms with Gasteiger partial charge in [0.15, 0.2) is 0 Å². The number of halogens is 2. The second-order valence-electron chi connectivity index (χ2n) is 10.4. The molecule has 0 saturated carbocycles. The molecule has 0 radical (unpaired) electrons. The van der Waals surface area contributed by atoms with Crippen LogP contribution in [0, 0.1) is 0 Å². The smallest absolute Gasteiger partial charge is 0.744 e. The molecule has 4 N–H and O–H groups in total. The Morgan fingerprint density at radius 3 is 1.22 bits per heavy atom. The number of hydrogen-bond donors (Lipinski definition) is 2. The third kappa shape index (κ3) is 8.56. The predicted molar refractivity (Wildman–Crippen MR) is 183 cm³/mol. The third-order valence-electron chi connectivity index (χ3n) is 7.31. The summed E-state index contributed by atoms with van der Waals surface area (Å²) in [5.41, 5.74) is 15.5. The summed E-state index contributed by atoms with van der Waals surface area (Å²) >= 11 is 13.1. The first-order valence-corrected chi connectivity index (χ1v) is 17.3. The van der Waals surface area contributed by atoms with E-state index in [1.54, 1.807) is 48.5 Å². The zero-order chi connectivity index (χ0) is 34.4. The van der Waals surface area contributed by atoms with Crippen molar-refractivity contribution in [2.45, 2.75) is 9.79 Å². The van der Waals surface area contributed by atoms with Crippen LogP contribution in [-0.2, 0) is 20.2 Å². The van der Waals surface area contributed by atoms with E-state index in [9.17, 15) is 25.9 Å². The Hall–Kier alpha value is -2.96. The fourth-order valence-corrected chi connectivity index (χ4v) is 6.34. The first kappa shape index (κ1) is 39.8. The van der Waals surface area contributed by atoms with Crippen LogP contribution in [0.2, 0.25) is 10.0 Å². The number of nitrogens with zero attached hydrogens (tertiary/aromatic N) is 4. The van der Waals surface area contributed by atoms with Crippen molar-refractivity contribution in [1.82, 2.24) is 0 Å². The minimum atomic E-state index is -4.64. The molecular formula is C32H20Cl2N6Na2O6S2. The molecule has 0 aliphatic heterocycles. The van der Waals surface area contributed by atoms with E-state index in [4.69, 9.17) is 34.7 Å². The van der Waals surface area contributed by atoms with Gasteiger partial charge in [0.2, 0.25) is 0 Å². The first-order valence-electron chi connectivity index (χ1n) is 13.7. The standard InChI is InChI=1S/C32H22Cl2N6O6S2.2Na/c33-25-15-17(3-11-29(25)37-39-31-23-7-5-21(47(41,42)43)13-19(23)1-9-27(31)35)18-4-12-30(26(34)16-18)38-40-32-24-8-6-22(48(44,45)46)14-20(24)2-10-28(32)36;;/h1-16H,35-36H2,(H,41,42,43)(H,44,45,46);;/q;2*+1/p-2. The maximum atomic E-state index is 11.4. The number of anilines is 2. The number of rotatable bonds is 7. The van der Waals surface area contributed by atoms with Gasteiger partial charge in [0, 0.05) is 10.8 Å². The summed E-state index contributed by atoms with van der Waals surface area (Å²) < 4.78 is 68.6. The fraction of sp³-hybridized carbons (Fsp3) is 0. The monoisotopic (exact) mass is 764 g/mol. The van der Waals surface area contributed by atoms with E-state index in [0.29, 0.717) is 44.0 Å². The van der Waals surface area contributed by atoms with Crippen molar-refractivity contribution < 1.29 is 85.1 Å². The molecule has 0 heterocycles. The topological polar surface area (TPSA) is 216 Å². The molecule has 50 heavy (non-hydrogen) atoms. The van der Waals surface area contributed by atoms with Crippen LogP contribution in [0.1, 0.15) is 0 Å². The Kier molecular flexibility index (Phi) is 12.5. The molecule has 18 heteroatoms. The number of benzene rings is 6. The maximum Gasteiger partial charge on any atom is 1.00 e. The largest absolute Gasteiger partial charge is 1.00 e. The quantitative estimate of drug-likeness (QED) is 0.106. The molecule has 0 atom stereocenters. The molecule has 0 aliphatic rings. The van der Waals surface area contributed by atoms with E-state index in [1.807, 2.05) is 0 Å². The summed E-state index contributed by atoms with van der Waals surface area (Å²) in [4.78, 5) is -0.742. The van der Waals surface area contributed by atoms with Crippen LogP contribution < -0.4 is 70.6 Å². The normalized spacial score (nSPS) is 12.0. The van der Waals surface area contributed by atoms with Gasteiger partial charge in [-0.05, 0) is 82.6 Å². The average Bonchev–Trinajstić information content (AvgIpc) is 3.03. The molecule has 0 spiro atoms. The molecule has 6 aromatic rings. The Morgan fingerprint density at radius 1 is 0.500 bits per heavy atom. The average molecular weight is 766 g/mol. The number of nitrogens with two attached hydrogens (primary N) is 2. The van der Waals surface area contributed by atoms with E-state index in [1.165, 1.54) is 48.5 Å². The summed E-state index contributed by atoms with van der Waals surface area (Å²) in [7, 11) is -9.28. The van der Waals surface area contributed by atoms with Gasteiger partial charge in [0.1, 0.15) is 43.0 Å². The second kappa shape index (κ2) is 15.7. The Bertz CT molecular complexity index is 2410. The summed E-state index contributed by atoms with van der Waals surface area (Å²) in [6.07, 6.45) is 0. The van der Waals surface area contributed by atoms with E-state index in [0.717, 1.165) is 0 Å². The molecule has 0 bridgehead atoms. The zero-order valence-electron chi connectivity index (χ0n) is 26.2. The van der Waals surface area contributed by atoms with Gasteiger partial charge >= 0.3 is 59.1 Å². The van der Waals surface area contributed by atoms with Crippen molar-refractivity contribution in [2.24, 2.45) is 20.5 Å². The molecule has 12 nitrogen and oxygen atoms in total. The minimum absolute atomic E-state index is 0. The van der Waals surface area contributed by atoms with Crippen LogP contribution >= 0.6 is 23.2 Å². The molecule has 0 fully saturated rings. The van der Waals surface area contributed by atoms with Gasteiger partial charge in [-0.25, -0.2) is 16.8 Å². The van der Waals surface area contributed by atoms with Gasteiger partial charge in [0.25, 0.3) is 0 Å². The van der Waals surface area contributed by atoms with Crippen molar-refractivity contribution in [3.8, 4) is 11.1 Å². The number of azo groups is 2. The van der Waals surface area contributed by atoms with Crippen molar-refractivity contribution in [3.05, 3.63) is 107 Å². The SMILES string of the molecule is Nc1ccc2cc(S(=O)(=O)[O-])ccc2c1N=Nc1ccc(-c2ccc(N=Nc3c(N)ccc4cc(S(=O)(=O)[O-])ccc34)c(Cl)c2)cc1Cl.[Na+].[Na+]. The van der Waals surface area contributed by atoms with Crippen LogP contribution in [0.3, 0.4) is 0 Å². The van der Waals surface area contributed by atoms with Gasteiger partial charge in [0.05, 0.1) is 31.2 Å².